The Hall–Kier alpha value is -2.87. The summed E-state index contributed by atoms with van der Waals surface area (Å²) in [5.41, 5.74) is 8.49. The molecule has 32 heavy (non-hydrogen) atoms. The normalized spacial score (nSPS) is 10.7. The molecule has 3 rings (SSSR count). The highest BCUT2D eigenvalue weighted by Crippen LogP contribution is 2.32. The molecule has 0 aliphatic carbocycles. The van der Waals surface area contributed by atoms with E-state index in [1.165, 1.54) is 21.7 Å². The van der Waals surface area contributed by atoms with Crippen LogP contribution >= 0.6 is 23.2 Å². The molecule has 0 spiro atoms. The van der Waals surface area contributed by atoms with E-state index in [2.05, 4.69) is 4.98 Å². The first-order valence-corrected chi connectivity index (χ1v) is 10.8. The van der Waals surface area contributed by atoms with Gasteiger partial charge in [0, 0.05) is 47.7 Å². The molecule has 3 aromatic rings. The number of rotatable bonds is 6. The number of carbonyl (C=O) groups is 1. The number of furan rings is 1. The van der Waals surface area contributed by atoms with E-state index in [0.717, 1.165) is 5.56 Å². The van der Waals surface area contributed by atoms with Gasteiger partial charge in [0.25, 0.3) is 0 Å². The molecule has 0 saturated carbocycles. The summed E-state index contributed by atoms with van der Waals surface area (Å²) < 4.78 is 6.77. The maximum absolute atomic E-state index is 12.6. The van der Waals surface area contributed by atoms with E-state index >= 15 is 0 Å². The monoisotopic (exact) mass is 475 g/mol. The predicted molar refractivity (Wildman–Crippen MR) is 128 cm³/mol. The average molecular weight is 476 g/mol. The highest BCUT2D eigenvalue weighted by Gasteiger charge is 2.17. The van der Waals surface area contributed by atoms with Gasteiger partial charge < -0.3 is 15.1 Å². The summed E-state index contributed by atoms with van der Waals surface area (Å²) in [5.74, 6) is 0.408. The van der Waals surface area contributed by atoms with Crippen molar-refractivity contribution in [3.05, 3.63) is 75.4 Å². The number of halogens is 2. The molecule has 0 aliphatic heterocycles. The van der Waals surface area contributed by atoms with Gasteiger partial charge in [-0.2, -0.15) is 0 Å². The summed E-state index contributed by atoms with van der Waals surface area (Å²) in [7, 11) is 1.66. The highest BCUT2D eigenvalue weighted by molar-refractivity contribution is 6.36. The Morgan fingerprint density at radius 3 is 2.62 bits per heavy atom. The fourth-order valence-electron chi connectivity index (χ4n) is 3.05. The number of amides is 1. The third-order valence-corrected chi connectivity index (χ3v) is 5.12. The van der Waals surface area contributed by atoms with Gasteiger partial charge in [-0.15, -0.1) is 0 Å². The summed E-state index contributed by atoms with van der Waals surface area (Å²) in [6.07, 6.45) is 4.42. The van der Waals surface area contributed by atoms with Gasteiger partial charge in [0.2, 0.25) is 11.5 Å². The van der Waals surface area contributed by atoms with Crippen LogP contribution in [0.2, 0.25) is 10.0 Å². The molecular formula is C23H27Cl2N5O2. The Morgan fingerprint density at radius 2 is 2.03 bits per heavy atom. The first kappa shape index (κ1) is 25.4. The van der Waals surface area contributed by atoms with Crippen molar-refractivity contribution < 1.29 is 9.21 Å². The molecule has 7 nitrogen and oxygen atoms in total. The average Bonchev–Trinajstić information content (AvgIpc) is 3.27. The van der Waals surface area contributed by atoms with E-state index in [9.17, 15) is 4.79 Å². The van der Waals surface area contributed by atoms with Crippen LogP contribution in [0.5, 0.6) is 0 Å². The molecule has 0 saturated heterocycles. The van der Waals surface area contributed by atoms with Gasteiger partial charge in [-0.3, -0.25) is 14.8 Å². The van der Waals surface area contributed by atoms with E-state index in [1.54, 1.807) is 50.6 Å². The van der Waals surface area contributed by atoms with Crippen LogP contribution in [0.1, 0.15) is 30.9 Å². The number of nitrogens with one attached hydrogen (secondary N) is 1. The summed E-state index contributed by atoms with van der Waals surface area (Å²) in [6, 6.07) is 8.64. The molecule has 170 valence electrons. The van der Waals surface area contributed by atoms with Crippen LogP contribution in [-0.2, 0) is 17.9 Å². The first-order valence-electron chi connectivity index (χ1n) is 10.1. The number of nitrogens with zero attached hydrogens (tertiary/aromatic N) is 3. The molecule has 2 heterocycles. The minimum atomic E-state index is -0.263. The molecule has 9 heteroatoms. The molecule has 0 bridgehead atoms. The summed E-state index contributed by atoms with van der Waals surface area (Å²) >= 11 is 12.5. The number of aromatic nitrogens is 2. The number of hydrogen-bond acceptors (Lipinski definition) is 5. The third kappa shape index (κ3) is 5.88. The first-order chi connectivity index (χ1) is 15.3. The van der Waals surface area contributed by atoms with Gasteiger partial charge in [0.05, 0.1) is 23.5 Å². The second-order valence-corrected chi connectivity index (χ2v) is 7.48. The second kappa shape index (κ2) is 11.7. The smallest absolute Gasteiger partial charge is 0.248 e. The number of aryl methyl sites for hydroxylation is 1. The molecule has 0 unspecified atom stereocenters. The van der Waals surface area contributed by atoms with Gasteiger partial charge in [0.15, 0.2) is 0 Å². The maximum atomic E-state index is 12.6. The maximum Gasteiger partial charge on any atom is 0.248 e. The molecule has 1 aromatic carbocycles. The lowest BCUT2D eigenvalue weighted by atomic mass is 10.0. The van der Waals surface area contributed by atoms with Crippen molar-refractivity contribution in [1.29, 1.82) is 5.41 Å². The van der Waals surface area contributed by atoms with Crippen LogP contribution in [0.4, 0.5) is 0 Å². The van der Waals surface area contributed by atoms with Crippen molar-refractivity contribution in [3.8, 4) is 11.3 Å². The van der Waals surface area contributed by atoms with Crippen LogP contribution in [0, 0.1) is 12.3 Å². The fourth-order valence-corrected chi connectivity index (χ4v) is 3.54. The minimum Gasteiger partial charge on any atom is -0.467 e. The minimum absolute atomic E-state index is 0.0524. The van der Waals surface area contributed by atoms with Crippen LogP contribution in [0.25, 0.3) is 17.5 Å². The number of nitrogens with two attached hydrogens (primary N) is 1. The molecule has 0 radical (unpaired) electrons. The molecule has 1 amide bonds. The lowest BCUT2D eigenvalue weighted by Gasteiger charge is -2.18. The zero-order valence-electron chi connectivity index (χ0n) is 18.5. The number of benzene rings is 1. The number of carbonyl (C=O) groups excluding carboxylic acids is 1. The van der Waals surface area contributed by atoms with Crippen molar-refractivity contribution in [2.45, 2.75) is 33.9 Å². The largest absolute Gasteiger partial charge is 0.467 e. The van der Waals surface area contributed by atoms with Crippen molar-refractivity contribution in [3.63, 3.8) is 0 Å². The van der Waals surface area contributed by atoms with Gasteiger partial charge in [-0.05, 0) is 37.3 Å². The SMILES string of the molecule is CC.Cc1nc(=N)n(/C=C/C(=O)N(C)Cc2ccco2)c(-c2ccc(Cl)cc2Cl)c1CN. The summed E-state index contributed by atoms with van der Waals surface area (Å²) in [4.78, 5) is 18.3. The fraction of sp³-hybridized carbons (Fsp3) is 0.261. The van der Waals surface area contributed by atoms with E-state index < -0.39 is 0 Å². The van der Waals surface area contributed by atoms with Crippen LogP contribution < -0.4 is 11.4 Å². The molecule has 3 N–H and O–H groups in total. The number of likely N-dealkylation sites (N-methyl/N-ethyl adjacent to an activating group) is 1. The van der Waals surface area contributed by atoms with Gasteiger partial charge >= 0.3 is 0 Å². The Labute approximate surface area is 197 Å². The molecule has 0 atom stereocenters. The highest BCUT2D eigenvalue weighted by atomic mass is 35.5. The quantitative estimate of drug-likeness (QED) is 0.497. The van der Waals surface area contributed by atoms with Crippen molar-refractivity contribution >= 4 is 35.3 Å². The Balaban J connectivity index is 0.00000176. The van der Waals surface area contributed by atoms with E-state index in [1.807, 2.05) is 13.8 Å². The number of hydrogen-bond donors (Lipinski definition) is 2. The molecule has 0 aliphatic rings. The zero-order valence-corrected chi connectivity index (χ0v) is 20.0. The summed E-state index contributed by atoms with van der Waals surface area (Å²) in [6.45, 7) is 6.29. The standard InChI is InChI=1S/C21H21Cl2N5O2.C2H6/c1-13-17(11-24)20(16-6-5-14(22)10-18(16)23)28(21(25)26-13)8-7-19(29)27(2)12-15-4-3-9-30-15;1-2/h3-10,25H,11-12,24H2,1-2H3;1-2H3/b8-7+,25-21?;. The van der Waals surface area contributed by atoms with E-state index in [-0.39, 0.29) is 18.1 Å². The molecule has 2 aromatic heterocycles. The van der Waals surface area contributed by atoms with Crippen molar-refractivity contribution in [2.75, 3.05) is 7.05 Å². The van der Waals surface area contributed by atoms with Gasteiger partial charge in [-0.1, -0.05) is 37.0 Å². The Morgan fingerprint density at radius 1 is 1.31 bits per heavy atom. The van der Waals surface area contributed by atoms with Gasteiger partial charge in [-0.25, -0.2) is 4.98 Å². The lowest BCUT2D eigenvalue weighted by molar-refractivity contribution is -0.125. The molecular weight excluding hydrogens is 449 g/mol. The zero-order chi connectivity index (χ0) is 23.8. The molecule has 0 fully saturated rings. The Kier molecular flexibility index (Phi) is 9.26. The van der Waals surface area contributed by atoms with Crippen LogP contribution in [0.15, 0.2) is 47.1 Å². The van der Waals surface area contributed by atoms with Crippen LogP contribution in [0.3, 0.4) is 0 Å². The predicted octanol–water partition coefficient (Wildman–Crippen LogP) is 4.85. The second-order valence-electron chi connectivity index (χ2n) is 6.64. The third-order valence-electron chi connectivity index (χ3n) is 4.57. The van der Waals surface area contributed by atoms with Crippen LogP contribution in [-0.4, -0.2) is 27.4 Å². The van der Waals surface area contributed by atoms with Crippen molar-refractivity contribution in [2.24, 2.45) is 5.73 Å². The van der Waals surface area contributed by atoms with E-state index in [4.69, 9.17) is 38.8 Å². The van der Waals surface area contributed by atoms with Gasteiger partial charge in [0.1, 0.15) is 5.76 Å². The lowest BCUT2D eigenvalue weighted by Crippen LogP contribution is -2.27. The topological polar surface area (TPSA) is 101 Å². The van der Waals surface area contributed by atoms with E-state index in [0.29, 0.717) is 39.3 Å². The summed E-state index contributed by atoms with van der Waals surface area (Å²) in [5, 5.41) is 9.25. The Bertz CT molecular complexity index is 1150. The van der Waals surface area contributed by atoms with Crippen molar-refractivity contribution in [1.82, 2.24) is 14.5 Å².